The van der Waals surface area contributed by atoms with Gasteiger partial charge in [0.25, 0.3) is 0 Å². The highest BCUT2D eigenvalue weighted by Gasteiger charge is 2.45. The van der Waals surface area contributed by atoms with Crippen LogP contribution < -0.4 is 5.32 Å². The summed E-state index contributed by atoms with van der Waals surface area (Å²) < 4.78 is 0. The lowest BCUT2D eigenvalue weighted by Gasteiger charge is -2.51. The van der Waals surface area contributed by atoms with E-state index in [1.807, 2.05) is 6.08 Å². The third kappa shape index (κ3) is 3.79. The highest BCUT2D eigenvalue weighted by atomic mass is 16.3. The Labute approximate surface area is 128 Å². The number of hydrogen-bond donors (Lipinski definition) is 2. The Kier molecular flexibility index (Phi) is 5.68. The molecule has 2 fully saturated rings. The normalized spacial score (nSPS) is 36.8. The lowest BCUT2D eigenvalue weighted by atomic mass is 9.66. The van der Waals surface area contributed by atoms with Crippen molar-refractivity contribution in [2.45, 2.75) is 62.6 Å². The molecule has 0 radical (unpaired) electrons. The molecule has 112 valence electrons. The Balaban J connectivity index is 2.13. The van der Waals surface area contributed by atoms with E-state index in [0.29, 0.717) is 6.04 Å². The van der Waals surface area contributed by atoms with E-state index >= 15 is 0 Å². The van der Waals surface area contributed by atoms with Crippen molar-refractivity contribution in [2.75, 3.05) is 0 Å². The Hall–Kier alpha value is -1.48. The predicted octanol–water partition coefficient (Wildman–Crippen LogP) is 2.80. The molecule has 0 aromatic heterocycles. The molecule has 2 nitrogen and oxygen atoms in total. The van der Waals surface area contributed by atoms with E-state index in [0.717, 1.165) is 32.1 Å². The number of hydrogen-bond acceptors (Lipinski definition) is 2. The fourth-order valence-corrected chi connectivity index (χ4v) is 3.96. The molecular weight excluding hydrogens is 258 g/mol. The Bertz CT molecular complexity index is 475. The molecule has 2 aliphatic rings. The van der Waals surface area contributed by atoms with Crippen LogP contribution in [0.25, 0.3) is 0 Å². The minimum atomic E-state index is -0.296. The van der Waals surface area contributed by atoms with Crippen molar-refractivity contribution in [3.8, 4) is 24.7 Å². The maximum atomic E-state index is 10.4. The highest BCUT2D eigenvalue weighted by molar-refractivity contribution is 5.18. The standard InChI is InChI=1S/C19H25NO/c1-3-5-7-10-16-11-8-14-19(20-16)15-9-13-18(21)17(19)12-6-4-2/h1-2,5-7,12,16-18,20-21H,8-11,13-15H2/t16-,17+,18+,19-/m0/s1. The van der Waals surface area contributed by atoms with Crippen LogP contribution in [0.15, 0.2) is 24.3 Å². The van der Waals surface area contributed by atoms with Crippen molar-refractivity contribution in [3.05, 3.63) is 24.3 Å². The fraction of sp³-hybridized carbons (Fsp3) is 0.579. The quantitative estimate of drug-likeness (QED) is 0.781. The molecule has 1 spiro atoms. The molecule has 2 rings (SSSR count). The molecule has 1 heterocycles. The molecule has 4 atom stereocenters. The maximum Gasteiger partial charge on any atom is 0.0620 e. The molecule has 21 heavy (non-hydrogen) atoms. The van der Waals surface area contributed by atoms with Crippen molar-refractivity contribution in [1.82, 2.24) is 5.32 Å². The van der Waals surface area contributed by atoms with E-state index in [4.69, 9.17) is 12.8 Å². The van der Waals surface area contributed by atoms with E-state index in [1.165, 1.54) is 12.8 Å². The van der Waals surface area contributed by atoms with Gasteiger partial charge in [-0.05, 0) is 50.7 Å². The van der Waals surface area contributed by atoms with Crippen molar-refractivity contribution < 1.29 is 5.11 Å². The van der Waals surface area contributed by atoms with Crippen LogP contribution in [-0.2, 0) is 0 Å². The Morgan fingerprint density at radius 2 is 1.86 bits per heavy atom. The molecule has 2 heteroatoms. The van der Waals surface area contributed by atoms with Crippen LogP contribution in [0.3, 0.4) is 0 Å². The van der Waals surface area contributed by atoms with Gasteiger partial charge in [0.2, 0.25) is 0 Å². The second kappa shape index (κ2) is 7.51. The number of aliphatic hydroxyl groups is 1. The molecule has 1 aliphatic carbocycles. The summed E-state index contributed by atoms with van der Waals surface area (Å²) in [7, 11) is 0. The largest absolute Gasteiger partial charge is 0.392 e. The van der Waals surface area contributed by atoms with Gasteiger partial charge in [0.1, 0.15) is 0 Å². The number of rotatable bonds is 3. The summed E-state index contributed by atoms with van der Waals surface area (Å²) in [5.74, 6) is 5.21. The van der Waals surface area contributed by atoms with Gasteiger partial charge in [0.05, 0.1) is 6.10 Å². The van der Waals surface area contributed by atoms with Gasteiger partial charge in [-0.3, -0.25) is 0 Å². The maximum absolute atomic E-state index is 10.4. The van der Waals surface area contributed by atoms with Crippen LogP contribution in [0.1, 0.15) is 44.9 Å². The Morgan fingerprint density at radius 3 is 2.57 bits per heavy atom. The second-order valence-electron chi connectivity index (χ2n) is 6.21. The van der Waals surface area contributed by atoms with E-state index < -0.39 is 0 Å². The van der Waals surface area contributed by atoms with Gasteiger partial charge in [0, 0.05) is 17.5 Å². The molecule has 0 amide bonds. The van der Waals surface area contributed by atoms with Crippen LogP contribution in [-0.4, -0.2) is 22.8 Å². The number of allylic oxidation sites excluding steroid dienone is 2. The van der Waals surface area contributed by atoms with Gasteiger partial charge >= 0.3 is 0 Å². The first kappa shape index (κ1) is 15.9. The molecular formula is C19H25NO. The summed E-state index contributed by atoms with van der Waals surface area (Å²) in [6.07, 6.45) is 25.4. The minimum absolute atomic E-state index is 0.00207. The molecule has 0 aromatic carbocycles. The van der Waals surface area contributed by atoms with Gasteiger partial charge < -0.3 is 10.4 Å². The molecule has 2 N–H and O–H groups in total. The van der Waals surface area contributed by atoms with Crippen molar-refractivity contribution in [3.63, 3.8) is 0 Å². The zero-order valence-corrected chi connectivity index (χ0v) is 12.6. The average Bonchev–Trinajstić information content (AvgIpc) is 2.47. The van der Waals surface area contributed by atoms with Crippen LogP contribution in [0.4, 0.5) is 0 Å². The molecule has 1 saturated carbocycles. The summed E-state index contributed by atoms with van der Waals surface area (Å²) in [5, 5.41) is 14.2. The van der Waals surface area contributed by atoms with E-state index in [2.05, 4.69) is 23.2 Å². The number of nitrogens with one attached hydrogen (secondary N) is 1. The predicted molar refractivity (Wildman–Crippen MR) is 87.4 cm³/mol. The first-order valence-corrected chi connectivity index (χ1v) is 7.91. The zero-order valence-electron chi connectivity index (χ0n) is 12.6. The van der Waals surface area contributed by atoms with Crippen LogP contribution in [0, 0.1) is 30.6 Å². The first-order valence-electron chi connectivity index (χ1n) is 7.91. The van der Waals surface area contributed by atoms with Crippen LogP contribution in [0.5, 0.6) is 0 Å². The second-order valence-corrected chi connectivity index (χ2v) is 6.21. The van der Waals surface area contributed by atoms with E-state index in [-0.39, 0.29) is 17.6 Å². The summed E-state index contributed by atoms with van der Waals surface area (Å²) in [6, 6.07) is 0.440. The lowest BCUT2D eigenvalue weighted by Crippen LogP contribution is -2.61. The van der Waals surface area contributed by atoms with Gasteiger partial charge in [-0.1, -0.05) is 30.4 Å². The summed E-state index contributed by atoms with van der Waals surface area (Å²) >= 11 is 0. The summed E-state index contributed by atoms with van der Waals surface area (Å²) in [6.45, 7) is 0. The first-order chi connectivity index (χ1) is 10.2. The smallest absolute Gasteiger partial charge is 0.0620 e. The molecule has 0 unspecified atom stereocenters. The average molecular weight is 283 g/mol. The molecule has 1 aliphatic heterocycles. The van der Waals surface area contributed by atoms with E-state index in [9.17, 15) is 5.11 Å². The lowest BCUT2D eigenvalue weighted by molar-refractivity contribution is 0.00394. The summed E-state index contributed by atoms with van der Waals surface area (Å²) in [5.41, 5.74) is -0.00207. The van der Waals surface area contributed by atoms with E-state index in [1.54, 1.807) is 12.2 Å². The number of piperidine rings is 1. The van der Waals surface area contributed by atoms with Crippen LogP contribution >= 0.6 is 0 Å². The van der Waals surface area contributed by atoms with Gasteiger partial charge in [-0.15, -0.1) is 12.8 Å². The molecule has 0 aromatic rings. The summed E-state index contributed by atoms with van der Waals surface area (Å²) in [4.78, 5) is 0. The van der Waals surface area contributed by atoms with Gasteiger partial charge in [0.15, 0.2) is 0 Å². The van der Waals surface area contributed by atoms with Gasteiger partial charge in [-0.2, -0.15) is 0 Å². The SMILES string of the molecule is C#CC=CC[C@H]1CCC[C@@]2(CCC[C@@H](O)[C@H]2C=CC#C)N1. The minimum Gasteiger partial charge on any atom is -0.392 e. The highest BCUT2D eigenvalue weighted by Crippen LogP contribution is 2.41. The molecule has 1 saturated heterocycles. The van der Waals surface area contributed by atoms with Crippen molar-refractivity contribution in [1.29, 1.82) is 0 Å². The van der Waals surface area contributed by atoms with Crippen LogP contribution in [0.2, 0.25) is 0 Å². The monoisotopic (exact) mass is 283 g/mol. The Morgan fingerprint density at radius 1 is 1.14 bits per heavy atom. The van der Waals surface area contributed by atoms with Crippen molar-refractivity contribution >= 4 is 0 Å². The zero-order chi connectivity index (χ0) is 15.1. The third-order valence-corrected chi connectivity index (χ3v) is 4.88. The number of terminal acetylenes is 2. The van der Waals surface area contributed by atoms with Gasteiger partial charge in [-0.25, -0.2) is 0 Å². The topological polar surface area (TPSA) is 32.3 Å². The fourth-order valence-electron chi connectivity index (χ4n) is 3.96. The van der Waals surface area contributed by atoms with Crippen molar-refractivity contribution in [2.24, 2.45) is 5.92 Å². The number of aliphatic hydroxyl groups excluding tert-OH is 1. The molecule has 0 bridgehead atoms. The third-order valence-electron chi connectivity index (χ3n) is 4.88.